The van der Waals surface area contributed by atoms with Crippen LogP contribution in [0.25, 0.3) is 10.9 Å². The van der Waals surface area contributed by atoms with Crippen LogP contribution in [0.2, 0.25) is 0 Å². The van der Waals surface area contributed by atoms with Crippen LogP contribution in [0.3, 0.4) is 0 Å². The summed E-state index contributed by atoms with van der Waals surface area (Å²) in [5, 5.41) is 0.716. The molecule has 0 spiro atoms. The van der Waals surface area contributed by atoms with Crippen molar-refractivity contribution in [3.8, 4) is 0 Å². The maximum atomic E-state index is 13.7. The van der Waals surface area contributed by atoms with Gasteiger partial charge in [-0.1, -0.05) is 0 Å². The van der Waals surface area contributed by atoms with Gasteiger partial charge in [-0.25, -0.2) is 19.3 Å². The molecule has 1 aromatic carbocycles. The number of rotatable bonds is 3. The van der Waals surface area contributed by atoms with Crippen molar-refractivity contribution in [1.82, 2.24) is 19.9 Å². The predicted octanol–water partition coefficient (Wildman–Crippen LogP) is 2.06. The van der Waals surface area contributed by atoms with E-state index in [0.29, 0.717) is 43.4 Å². The minimum Gasteiger partial charge on any atom is -0.352 e. The Morgan fingerprint density at radius 1 is 1.04 bits per heavy atom. The molecule has 2 aromatic heterocycles. The van der Waals surface area contributed by atoms with E-state index >= 15 is 0 Å². The van der Waals surface area contributed by atoms with E-state index in [9.17, 15) is 9.18 Å². The quantitative estimate of drug-likeness (QED) is 0.765. The van der Waals surface area contributed by atoms with E-state index in [1.54, 1.807) is 12.1 Å². The summed E-state index contributed by atoms with van der Waals surface area (Å²) in [5.41, 5.74) is 1.53. The molecule has 3 aromatic rings. The molecule has 1 aliphatic heterocycles. The van der Waals surface area contributed by atoms with Crippen LogP contribution >= 0.6 is 0 Å². The topological polar surface area (TPSA) is 78.0 Å². The summed E-state index contributed by atoms with van der Waals surface area (Å²) in [4.78, 5) is 32.3. The minimum atomic E-state index is -0.296. The van der Waals surface area contributed by atoms with Crippen molar-refractivity contribution in [2.24, 2.45) is 0 Å². The average Bonchev–Trinajstić information content (AvgIpc) is 3.52. The Kier molecular flexibility index (Phi) is 3.77. The smallest absolute Gasteiger partial charge is 0.252 e. The molecule has 0 unspecified atom stereocenters. The number of piperazine rings is 1. The van der Waals surface area contributed by atoms with E-state index in [-0.39, 0.29) is 11.4 Å². The van der Waals surface area contributed by atoms with Crippen molar-refractivity contribution >= 4 is 22.7 Å². The Labute approximate surface area is 154 Å². The van der Waals surface area contributed by atoms with Crippen molar-refractivity contribution in [3.63, 3.8) is 0 Å². The van der Waals surface area contributed by atoms with Crippen LogP contribution in [0, 0.1) is 5.82 Å². The van der Waals surface area contributed by atoms with Crippen LogP contribution in [0.1, 0.15) is 24.5 Å². The Morgan fingerprint density at radius 3 is 2.59 bits per heavy atom. The lowest BCUT2D eigenvalue weighted by atomic mass is 10.2. The highest BCUT2D eigenvalue weighted by Gasteiger charge is 2.27. The van der Waals surface area contributed by atoms with Crippen molar-refractivity contribution < 1.29 is 4.39 Å². The molecule has 1 saturated carbocycles. The van der Waals surface area contributed by atoms with Gasteiger partial charge in [0.05, 0.1) is 11.2 Å². The molecule has 0 radical (unpaired) electrons. The summed E-state index contributed by atoms with van der Waals surface area (Å²) in [5.74, 6) is 1.53. The Morgan fingerprint density at radius 2 is 1.81 bits per heavy atom. The molecule has 1 aliphatic carbocycles. The monoisotopic (exact) mass is 366 g/mol. The highest BCUT2D eigenvalue weighted by molar-refractivity contribution is 5.89. The Hall–Kier alpha value is -3.03. The summed E-state index contributed by atoms with van der Waals surface area (Å²) in [7, 11) is 0. The number of nitrogens with zero attached hydrogens (tertiary/aromatic N) is 5. The largest absolute Gasteiger partial charge is 0.352 e. The van der Waals surface area contributed by atoms with Gasteiger partial charge in [0, 0.05) is 43.5 Å². The van der Waals surface area contributed by atoms with Gasteiger partial charge < -0.3 is 9.80 Å². The predicted molar refractivity (Wildman–Crippen MR) is 101 cm³/mol. The van der Waals surface area contributed by atoms with Gasteiger partial charge in [-0.05, 0) is 31.0 Å². The van der Waals surface area contributed by atoms with Crippen LogP contribution in [0.15, 0.2) is 35.4 Å². The van der Waals surface area contributed by atoms with Gasteiger partial charge >= 0.3 is 0 Å². The molecule has 8 heteroatoms. The van der Waals surface area contributed by atoms with Crippen LogP contribution in [0.5, 0.6) is 0 Å². The molecule has 5 rings (SSSR count). The second-order valence-electron chi connectivity index (χ2n) is 7.10. The van der Waals surface area contributed by atoms with Gasteiger partial charge in [-0.15, -0.1) is 0 Å². The fourth-order valence-electron chi connectivity index (χ4n) is 3.60. The summed E-state index contributed by atoms with van der Waals surface area (Å²) in [6.45, 7) is 2.83. The number of hydrogen-bond donors (Lipinski definition) is 1. The maximum Gasteiger partial charge on any atom is 0.252 e. The zero-order valence-corrected chi connectivity index (χ0v) is 14.7. The average molecular weight is 366 g/mol. The third-order valence-corrected chi connectivity index (χ3v) is 5.20. The molecular formula is C19H19FN6O. The summed E-state index contributed by atoms with van der Waals surface area (Å²) < 4.78 is 13.7. The fraction of sp³-hybridized carbons (Fsp3) is 0.368. The zero-order valence-electron chi connectivity index (χ0n) is 14.7. The molecule has 138 valence electrons. The number of hydrogen-bond acceptors (Lipinski definition) is 6. The molecule has 2 fully saturated rings. The molecule has 2 aliphatic rings. The van der Waals surface area contributed by atoms with Gasteiger partial charge in [0.1, 0.15) is 18.0 Å². The summed E-state index contributed by atoms with van der Waals surface area (Å²) in [6, 6.07) is 6.17. The maximum absolute atomic E-state index is 13.7. The minimum absolute atomic E-state index is 0.0957. The first-order valence-electron chi connectivity index (χ1n) is 9.19. The van der Waals surface area contributed by atoms with E-state index < -0.39 is 0 Å². The number of aromatic amines is 1. The molecule has 0 amide bonds. The first-order valence-corrected chi connectivity index (χ1v) is 9.19. The number of anilines is 2. The van der Waals surface area contributed by atoms with Gasteiger partial charge in [0.2, 0.25) is 5.95 Å². The number of halogens is 1. The lowest BCUT2D eigenvalue weighted by Gasteiger charge is -2.36. The van der Waals surface area contributed by atoms with E-state index in [4.69, 9.17) is 0 Å². The van der Waals surface area contributed by atoms with Crippen molar-refractivity contribution in [1.29, 1.82) is 0 Å². The number of H-pyrrole nitrogens is 1. The second kappa shape index (κ2) is 6.29. The van der Waals surface area contributed by atoms with Gasteiger partial charge in [-0.3, -0.25) is 9.78 Å². The number of benzene rings is 1. The third kappa shape index (κ3) is 3.11. The third-order valence-electron chi connectivity index (χ3n) is 5.20. The first kappa shape index (κ1) is 16.2. The molecule has 0 bridgehead atoms. The molecule has 1 saturated heterocycles. The van der Waals surface area contributed by atoms with Gasteiger partial charge in [0.25, 0.3) is 5.56 Å². The van der Waals surface area contributed by atoms with Crippen molar-refractivity contribution in [2.75, 3.05) is 36.0 Å². The van der Waals surface area contributed by atoms with Crippen LogP contribution in [-0.2, 0) is 0 Å². The Bertz CT molecular complexity index is 1060. The highest BCUT2D eigenvalue weighted by Crippen LogP contribution is 2.38. The lowest BCUT2D eigenvalue weighted by Crippen LogP contribution is -2.48. The van der Waals surface area contributed by atoms with Gasteiger partial charge in [-0.2, -0.15) is 0 Å². The summed E-state index contributed by atoms with van der Waals surface area (Å²) in [6.07, 6.45) is 3.74. The number of fused-ring (bicyclic) bond motifs is 1. The van der Waals surface area contributed by atoms with Crippen molar-refractivity contribution in [2.45, 2.75) is 18.8 Å². The first-order chi connectivity index (χ1) is 13.2. The lowest BCUT2D eigenvalue weighted by molar-refractivity contribution is 0.626. The molecular weight excluding hydrogens is 347 g/mol. The van der Waals surface area contributed by atoms with Gasteiger partial charge in [0.15, 0.2) is 0 Å². The fourth-order valence-corrected chi connectivity index (χ4v) is 3.60. The standard InChI is InChI=1S/C19H19FN6O/c20-13-3-4-15-14(9-13)18(22-11-21-15)25-5-7-26(8-6-25)19-23-16(12-1-2-12)10-17(27)24-19/h3-4,9-12H,1-2,5-8H2,(H,23,24,27). The molecule has 7 nitrogen and oxygen atoms in total. The van der Waals surface area contributed by atoms with E-state index in [1.807, 2.05) is 0 Å². The molecule has 3 heterocycles. The van der Waals surface area contributed by atoms with E-state index in [1.165, 1.54) is 18.5 Å². The number of nitrogens with one attached hydrogen (secondary N) is 1. The van der Waals surface area contributed by atoms with Crippen LogP contribution < -0.4 is 15.4 Å². The summed E-state index contributed by atoms with van der Waals surface area (Å²) >= 11 is 0. The SMILES string of the molecule is O=c1cc(C2CC2)nc(N2CCN(c3ncnc4ccc(F)cc34)CC2)[nH]1. The highest BCUT2D eigenvalue weighted by atomic mass is 19.1. The molecule has 1 N–H and O–H groups in total. The zero-order chi connectivity index (χ0) is 18.4. The molecule has 0 atom stereocenters. The van der Waals surface area contributed by atoms with E-state index in [2.05, 4.69) is 29.7 Å². The number of aromatic nitrogens is 4. The molecule has 27 heavy (non-hydrogen) atoms. The van der Waals surface area contributed by atoms with Crippen molar-refractivity contribution in [3.05, 3.63) is 52.5 Å². The van der Waals surface area contributed by atoms with Crippen LogP contribution in [-0.4, -0.2) is 46.1 Å². The second-order valence-corrected chi connectivity index (χ2v) is 7.10. The normalized spacial score (nSPS) is 17.5. The van der Waals surface area contributed by atoms with E-state index in [0.717, 1.165) is 29.9 Å². The Balaban J connectivity index is 1.38. The van der Waals surface area contributed by atoms with Crippen LogP contribution in [0.4, 0.5) is 16.2 Å².